The van der Waals surface area contributed by atoms with E-state index in [0.717, 1.165) is 5.56 Å². The maximum atomic E-state index is 12.3. The van der Waals surface area contributed by atoms with Crippen molar-refractivity contribution in [2.75, 3.05) is 0 Å². The predicted molar refractivity (Wildman–Crippen MR) is 34.9 cm³/mol. The van der Waals surface area contributed by atoms with E-state index in [4.69, 9.17) is 5.11 Å². The molecule has 0 saturated carbocycles. The lowest BCUT2D eigenvalue weighted by Gasteiger charge is -1.98. The molecule has 0 radical (unpaired) electrons. The number of halogens is 1. The molecule has 0 unspecified atom stereocenters. The fraction of sp³-hybridized carbons (Fsp3) is 0.286. The first-order chi connectivity index (χ1) is 4.74. The molecule has 0 bridgehead atoms. The minimum atomic E-state index is -0.547. The molecule has 0 aliphatic carbocycles. The maximum absolute atomic E-state index is 12.3. The largest absolute Gasteiger partial charge is 0.392 e. The van der Waals surface area contributed by atoms with E-state index < -0.39 is 5.95 Å². The summed E-state index contributed by atoms with van der Waals surface area (Å²) >= 11 is 0. The summed E-state index contributed by atoms with van der Waals surface area (Å²) in [6.07, 6.45) is 1.40. The van der Waals surface area contributed by atoms with Crippen molar-refractivity contribution in [1.82, 2.24) is 4.98 Å². The summed E-state index contributed by atoms with van der Waals surface area (Å²) in [5, 5.41) is 8.65. The highest BCUT2D eigenvalue weighted by Gasteiger charge is 1.98. The van der Waals surface area contributed by atoms with Crippen LogP contribution < -0.4 is 0 Å². The van der Waals surface area contributed by atoms with E-state index in [1.165, 1.54) is 12.3 Å². The molecule has 0 fully saturated rings. The normalized spacial score (nSPS) is 9.90. The molecule has 54 valence electrons. The highest BCUT2D eigenvalue weighted by molar-refractivity contribution is 5.20. The Morgan fingerprint density at radius 1 is 1.70 bits per heavy atom. The zero-order chi connectivity index (χ0) is 7.56. The van der Waals surface area contributed by atoms with Crippen molar-refractivity contribution in [2.24, 2.45) is 0 Å². The molecule has 0 aromatic carbocycles. The summed E-state index contributed by atoms with van der Waals surface area (Å²) in [7, 11) is 0. The van der Waals surface area contributed by atoms with Crippen molar-refractivity contribution in [3.05, 3.63) is 29.3 Å². The van der Waals surface area contributed by atoms with E-state index in [1.807, 2.05) is 0 Å². The molecule has 0 spiro atoms. The fourth-order valence-electron chi connectivity index (χ4n) is 0.707. The Morgan fingerprint density at radius 3 is 2.90 bits per heavy atom. The van der Waals surface area contributed by atoms with E-state index >= 15 is 0 Å². The molecule has 1 N–H and O–H groups in total. The number of aliphatic hydroxyl groups excluding tert-OH is 1. The zero-order valence-electron chi connectivity index (χ0n) is 5.63. The van der Waals surface area contributed by atoms with Gasteiger partial charge < -0.3 is 5.11 Å². The summed E-state index contributed by atoms with van der Waals surface area (Å²) in [5.41, 5.74) is 1.40. The number of hydrogen-bond acceptors (Lipinski definition) is 2. The third kappa shape index (κ3) is 1.30. The smallest absolute Gasteiger partial charge is 0.213 e. The molecule has 3 heteroatoms. The van der Waals surface area contributed by atoms with Gasteiger partial charge in [0.2, 0.25) is 5.95 Å². The number of hydrogen-bond donors (Lipinski definition) is 1. The summed E-state index contributed by atoms with van der Waals surface area (Å²) in [6.45, 7) is 1.64. The Labute approximate surface area is 58.3 Å². The second-order valence-electron chi connectivity index (χ2n) is 2.09. The van der Waals surface area contributed by atoms with Crippen LogP contribution in [0.1, 0.15) is 11.1 Å². The predicted octanol–water partition coefficient (Wildman–Crippen LogP) is 1.02. The van der Waals surface area contributed by atoms with E-state index in [9.17, 15) is 4.39 Å². The average Bonchev–Trinajstić information content (AvgIpc) is 1.94. The lowest BCUT2D eigenvalue weighted by Crippen LogP contribution is -1.92. The molecule has 1 heterocycles. The van der Waals surface area contributed by atoms with E-state index in [2.05, 4.69) is 4.98 Å². The Bertz CT molecular complexity index is 237. The molecule has 1 rings (SSSR count). The van der Waals surface area contributed by atoms with Crippen molar-refractivity contribution < 1.29 is 9.50 Å². The van der Waals surface area contributed by atoms with Gasteiger partial charge >= 0.3 is 0 Å². The van der Waals surface area contributed by atoms with Crippen LogP contribution in [0, 0.1) is 12.9 Å². The van der Waals surface area contributed by atoms with Gasteiger partial charge in [0, 0.05) is 6.20 Å². The molecule has 0 aliphatic rings. The first-order valence-electron chi connectivity index (χ1n) is 2.96. The monoisotopic (exact) mass is 141 g/mol. The lowest BCUT2D eigenvalue weighted by molar-refractivity contribution is 0.280. The summed E-state index contributed by atoms with van der Waals surface area (Å²) in [5.74, 6) is -0.547. The van der Waals surface area contributed by atoms with Gasteiger partial charge in [0.25, 0.3) is 0 Å². The first kappa shape index (κ1) is 7.15. The first-order valence-corrected chi connectivity index (χ1v) is 2.96. The summed E-state index contributed by atoms with van der Waals surface area (Å²) in [6, 6.07) is 1.23. The van der Waals surface area contributed by atoms with Crippen LogP contribution in [0.15, 0.2) is 12.3 Å². The molecule has 0 saturated heterocycles. The molecule has 1 aromatic rings. The third-order valence-corrected chi connectivity index (χ3v) is 1.35. The molecule has 10 heavy (non-hydrogen) atoms. The standard InChI is InChI=1S/C7H8FNO/c1-5-3-9-7(8)2-6(5)4-10/h2-3,10H,4H2,1H3. The van der Waals surface area contributed by atoms with Gasteiger partial charge in [0.1, 0.15) is 0 Å². The number of aryl methyl sites for hydroxylation is 1. The average molecular weight is 141 g/mol. The van der Waals surface area contributed by atoms with Gasteiger partial charge in [-0.2, -0.15) is 4.39 Å². The Morgan fingerprint density at radius 2 is 2.40 bits per heavy atom. The van der Waals surface area contributed by atoms with Crippen LogP contribution in [0.2, 0.25) is 0 Å². The van der Waals surface area contributed by atoms with Crippen LogP contribution in [-0.2, 0) is 6.61 Å². The number of rotatable bonds is 1. The molecular weight excluding hydrogens is 133 g/mol. The van der Waals surface area contributed by atoms with Gasteiger partial charge in [0.15, 0.2) is 0 Å². The van der Waals surface area contributed by atoms with Crippen molar-refractivity contribution in [2.45, 2.75) is 13.5 Å². The van der Waals surface area contributed by atoms with E-state index in [-0.39, 0.29) is 6.61 Å². The van der Waals surface area contributed by atoms with Gasteiger partial charge in [-0.15, -0.1) is 0 Å². The molecule has 2 nitrogen and oxygen atoms in total. The van der Waals surface area contributed by atoms with Gasteiger partial charge in [-0.1, -0.05) is 0 Å². The van der Waals surface area contributed by atoms with Crippen LogP contribution >= 0.6 is 0 Å². The number of aliphatic hydroxyl groups is 1. The van der Waals surface area contributed by atoms with Crippen molar-refractivity contribution >= 4 is 0 Å². The van der Waals surface area contributed by atoms with Crippen LogP contribution in [0.3, 0.4) is 0 Å². The zero-order valence-corrected chi connectivity index (χ0v) is 5.63. The maximum Gasteiger partial charge on any atom is 0.213 e. The second kappa shape index (κ2) is 2.75. The van der Waals surface area contributed by atoms with Crippen LogP contribution in [0.25, 0.3) is 0 Å². The van der Waals surface area contributed by atoms with E-state index in [0.29, 0.717) is 5.56 Å². The Hall–Kier alpha value is -0.960. The molecule has 1 aromatic heterocycles. The molecule has 0 aliphatic heterocycles. The Balaban J connectivity index is 3.09. The molecule has 0 atom stereocenters. The van der Waals surface area contributed by atoms with Crippen molar-refractivity contribution in [3.63, 3.8) is 0 Å². The molecular formula is C7H8FNO. The van der Waals surface area contributed by atoms with Gasteiger partial charge in [-0.05, 0) is 24.1 Å². The number of nitrogens with zero attached hydrogens (tertiary/aromatic N) is 1. The van der Waals surface area contributed by atoms with Gasteiger partial charge in [-0.3, -0.25) is 0 Å². The quantitative estimate of drug-likeness (QED) is 0.592. The van der Waals surface area contributed by atoms with Gasteiger partial charge in [-0.25, -0.2) is 4.98 Å². The van der Waals surface area contributed by atoms with Crippen molar-refractivity contribution in [3.8, 4) is 0 Å². The second-order valence-corrected chi connectivity index (χ2v) is 2.09. The van der Waals surface area contributed by atoms with Gasteiger partial charge in [0.05, 0.1) is 6.61 Å². The Kier molecular flexibility index (Phi) is 1.97. The minimum absolute atomic E-state index is 0.134. The summed E-state index contributed by atoms with van der Waals surface area (Å²) in [4.78, 5) is 3.41. The van der Waals surface area contributed by atoms with Crippen molar-refractivity contribution in [1.29, 1.82) is 0 Å². The lowest BCUT2D eigenvalue weighted by atomic mass is 10.2. The SMILES string of the molecule is Cc1cnc(F)cc1CO. The number of pyridine rings is 1. The fourth-order valence-corrected chi connectivity index (χ4v) is 0.707. The highest BCUT2D eigenvalue weighted by Crippen LogP contribution is 2.06. The van der Waals surface area contributed by atoms with Crippen LogP contribution in [0.5, 0.6) is 0 Å². The van der Waals surface area contributed by atoms with Crippen LogP contribution in [0.4, 0.5) is 4.39 Å². The number of aromatic nitrogens is 1. The molecule has 0 amide bonds. The van der Waals surface area contributed by atoms with E-state index in [1.54, 1.807) is 6.92 Å². The highest BCUT2D eigenvalue weighted by atomic mass is 19.1. The minimum Gasteiger partial charge on any atom is -0.392 e. The summed E-state index contributed by atoms with van der Waals surface area (Å²) < 4.78 is 12.3. The topological polar surface area (TPSA) is 33.1 Å². The third-order valence-electron chi connectivity index (χ3n) is 1.35. The van der Waals surface area contributed by atoms with Crippen LogP contribution in [-0.4, -0.2) is 10.1 Å².